The Hall–Kier alpha value is -1.58. The predicted molar refractivity (Wildman–Crippen MR) is 54.6 cm³/mol. The number of nitro benzene ring substituents is 1. The smallest absolute Gasteiger partial charge is 0.269 e. The number of hydrogen-bond donors (Lipinski definition) is 1. The first-order valence-corrected chi connectivity index (χ1v) is 4.74. The van der Waals surface area contributed by atoms with E-state index in [1.54, 1.807) is 18.2 Å². The molecule has 1 N–H and O–H groups in total. The third-order valence-corrected chi connectivity index (χ3v) is 2.72. The molecule has 0 saturated carbocycles. The van der Waals surface area contributed by atoms with Crippen LogP contribution in [0.2, 0.25) is 0 Å². The van der Waals surface area contributed by atoms with Crippen LogP contribution in [0.4, 0.5) is 11.4 Å². The molecule has 0 saturated heterocycles. The number of non-ortho nitro benzene ring substituents is 1. The molecular weight excluding hydrogens is 180 g/mol. The van der Waals surface area contributed by atoms with Crippen molar-refractivity contribution in [3.8, 4) is 0 Å². The summed E-state index contributed by atoms with van der Waals surface area (Å²) in [4.78, 5) is 10.2. The average molecular weight is 192 g/mol. The summed E-state index contributed by atoms with van der Waals surface area (Å²) >= 11 is 0. The lowest BCUT2D eigenvalue weighted by Crippen LogP contribution is -1.99. The molecule has 0 bridgehead atoms. The lowest BCUT2D eigenvalue weighted by atomic mass is 9.98. The van der Waals surface area contributed by atoms with Crippen LogP contribution in [-0.4, -0.2) is 11.5 Å². The van der Waals surface area contributed by atoms with Crippen LogP contribution in [0.15, 0.2) is 18.2 Å². The zero-order valence-electron chi connectivity index (χ0n) is 7.99. The van der Waals surface area contributed by atoms with Gasteiger partial charge in [-0.3, -0.25) is 10.1 Å². The molecule has 0 spiro atoms. The SMILES string of the molecule is CC[C@@H]1CNc2ccc([N+](=O)[O-])cc21. The van der Waals surface area contributed by atoms with Crippen molar-refractivity contribution in [3.63, 3.8) is 0 Å². The van der Waals surface area contributed by atoms with Gasteiger partial charge in [0.25, 0.3) is 5.69 Å². The molecule has 0 aliphatic carbocycles. The fraction of sp³-hybridized carbons (Fsp3) is 0.400. The van der Waals surface area contributed by atoms with E-state index in [9.17, 15) is 10.1 Å². The highest BCUT2D eigenvalue weighted by atomic mass is 16.6. The highest BCUT2D eigenvalue weighted by Gasteiger charge is 2.22. The first-order chi connectivity index (χ1) is 6.72. The van der Waals surface area contributed by atoms with Crippen molar-refractivity contribution in [1.29, 1.82) is 0 Å². The molecule has 1 heterocycles. The quantitative estimate of drug-likeness (QED) is 0.578. The van der Waals surface area contributed by atoms with Crippen LogP contribution >= 0.6 is 0 Å². The fourth-order valence-electron chi connectivity index (χ4n) is 1.87. The molecular formula is C10H12N2O2. The summed E-state index contributed by atoms with van der Waals surface area (Å²) in [5.41, 5.74) is 2.31. The van der Waals surface area contributed by atoms with Crippen LogP contribution in [0.1, 0.15) is 24.8 Å². The molecule has 0 fully saturated rings. The Morgan fingerprint density at radius 2 is 2.43 bits per heavy atom. The summed E-state index contributed by atoms with van der Waals surface area (Å²) in [5.74, 6) is 0.421. The minimum atomic E-state index is -0.342. The van der Waals surface area contributed by atoms with Crippen molar-refractivity contribution in [3.05, 3.63) is 33.9 Å². The average Bonchev–Trinajstić information content (AvgIpc) is 2.59. The number of nitrogens with one attached hydrogen (secondary N) is 1. The Kier molecular flexibility index (Phi) is 2.11. The van der Waals surface area contributed by atoms with E-state index in [1.165, 1.54) is 0 Å². The van der Waals surface area contributed by atoms with Gasteiger partial charge in [0.1, 0.15) is 0 Å². The molecule has 0 radical (unpaired) electrons. The Labute approximate surface area is 82.1 Å². The first kappa shape index (κ1) is 8.99. The predicted octanol–water partition coefficient (Wildman–Crippen LogP) is 2.51. The normalized spacial score (nSPS) is 18.8. The first-order valence-electron chi connectivity index (χ1n) is 4.74. The van der Waals surface area contributed by atoms with Crippen LogP contribution in [0.3, 0.4) is 0 Å². The number of nitrogens with zero attached hydrogens (tertiary/aromatic N) is 1. The third kappa shape index (κ3) is 1.32. The van der Waals surface area contributed by atoms with E-state index in [0.717, 1.165) is 24.2 Å². The van der Waals surface area contributed by atoms with Gasteiger partial charge in [-0.15, -0.1) is 0 Å². The van der Waals surface area contributed by atoms with E-state index in [0.29, 0.717) is 5.92 Å². The van der Waals surface area contributed by atoms with Crippen LogP contribution in [0.5, 0.6) is 0 Å². The van der Waals surface area contributed by atoms with Gasteiger partial charge in [-0.05, 0) is 18.1 Å². The Morgan fingerprint density at radius 3 is 3.07 bits per heavy atom. The number of rotatable bonds is 2. The maximum atomic E-state index is 10.6. The Morgan fingerprint density at radius 1 is 1.64 bits per heavy atom. The second kappa shape index (κ2) is 3.29. The molecule has 1 atom stereocenters. The highest BCUT2D eigenvalue weighted by molar-refractivity contribution is 5.61. The van der Waals surface area contributed by atoms with Gasteiger partial charge in [-0.25, -0.2) is 0 Å². The fourth-order valence-corrected chi connectivity index (χ4v) is 1.87. The number of benzene rings is 1. The lowest BCUT2D eigenvalue weighted by molar-refractivity contribution is -0.384. The van der Waals surface area contributed by atoms with Gasteiger partial charge in [0.05, 0.1) is 4.92 Å². The summed E-state index contributed by atoms with van der Waals surface area (Å²) in [5, 5.41) is 13.8. The van der Waals surface area contributed by atoms with Gasteiger partial charge in [-0.1, -0.05) is 6.92 Å². The molecule has 1 aliphatic rings. The van der Waals surface area contributed by atoms with Crippen LogP contribution in [-0.2, 0) is 0 Å². The van der Waals surface area contributed by atoms with Crippen molar-refractivity contribution >= 4 is 11.4 Å². The Balaban J connectivity index is 2.42. The lowest BCUT2D eigenvalue weighted by Gasteiger charge is -2.04. The summed E-state index contributed by atoms with van der Waals surface area (Å²) in [7, 11) is 0. The molecule has 14 heavy (non-hydrogen) atoms. The molecule has 4 nitrogen and oxygen atoms in total. The van der Waals surface area contributed by atoms with Gasteiger partial charge in [0, 0.05) is 30.3 Å². The van der Waals surface area contributed by atoms with E-state index in [1.807, 2.05) is 0 Å². The van der Waals surface area contributed by atoms with Gasteiger partial charge in [-0.2, -0.15) is 0 Å². The Bertz CT molecular complexity index is 376. The molecule has 1 aromatic rings. The van der Waals surface area contributed by atoms with Crippen molar-refractivity contribution in [2.45, 2.75) is 19.3 Å². The monoisotopic (exact) mass is 192 g/mol. The standard InChI is InChI=1S/C10H12N2O2/c1-2-7-6-11-10-4-3-8(12(13)14)5-9(7)10/h3-5,7,11H,2,6H2,1H3/t7-/m1/s1. The summed E-state index contributed by atoms with van der Waals surface area (Å²) in [6.07, 6.45) is 1.02. The third-order valence-electron chi connectivity index (χ3n) is 2.72. The number of fused-ring (bicyclic) bond motifs is 1. The van der Waals surface area contributed by atoms with Crippen molar-refractivity contribution < 1.29 is 4.92 Å². The summed E-state index contributed by atoms with van der Waals surface area (Å²) < 4.78 is 0. The van der Waals surface area contributed by atoms with Crippen LogP contribution in [0.25, 0.3) is 0 Å². The van der Waals surface area contributed by atoms with Crippen molar-refractivity contribution in [1.82, 2.24) is 0 Å². The van der Waals surface area contributed by atoms with E-state index < -0.39 is 0 Å². The zero-order valence-corrected chi connectivity index (χ0v) is 7.99. The topological polar surface area (TPSA) is 55.2 Å². The highest BCUT2D eigenvalue weighted by Crippen LogP contribution is 2.35. The van der Waals surface area contributed by atoms with E-state index >= 15 is 0 Å². The number of nitro groups is 1. The molecule has 4 heteroatoms. The number of hydrogen-bond acceptors (Lipinski definition) is 3. The molecule has 1 aliphatic heterocycles. The minimum Gasteiger partial charge on any atom is -0.384 e. The van der Waals surface area contributed by atoms with Gasteiger partial charge < -0.3 is 5.32 Å². The largest absolute Gasteiger partial charge is 0.384 e. The maximum absolute atomic E-state index is 10.6. The second-order valence-electron chi connectivity index (χ2n) is 3.51. The summed E-state index contributed by atoms with van der Waals surface area (Å²) in [6.45, 7) is 2.99. The van der Waals surface area contributed by atoms with Crippen LogP contribution < -0.4 is 5.32 Å². The van der Waals surface area contributed by atoms with Gasteiger partial charge in [0.2, 0.25) is 0 Å². The van der Waals surface area contributed by atoms with Gasteiger partial charge in [0.15, 0.2) is 0 Å². The second-order valence-corrected chi connectivity index (χ2v) is 3.51. The van der Waals surface area contributed by atoms with E-state index in [-0.39, 0.29) is 10.6 Å². The summed E-state index contributed by atoms with van der Waals surface area (Å²) in [6, 6.07) is 5.02. The van der Waals surface area contributed by atoms with Crippen molar-refractivity contribution in [2.24, 2.45) is 0 Å². The van der Waals surface area contributed by atoms with Crippen molar-refractivity contribution in [2.75, 3.05) is 11.9 Å². The molecule has 0 amide bonds. The van der Waals surface area contributed by atoms with Gasteiger partial charge >= 0.3 is 0 Å². The van der Waals surface area contributed by atoms with E-state index in [2.05, 4.69) is 12.2 Å². The zero-order chi connectivity index (χ0) is 10.1. The van der Waals surface area contributed by atoms with E-state index in [4.69, 9.17) is 0 Å². The minimum absolute atomic E-state index is 0.186. The molecule has 74 valence electrons. The molecule has 1 aromatic carbocycles. The number of anilines is 1. The molecule has 2 rings (SSSR count). The van der Waals surface area contributed by atoms with Crippen LogP contribution in [0, 0.1) is 10.1 Å². The molecule has 0 unspecified atom stereocenters. The molecule has 0 aromatic heterocycles. The maximum Gasteiger partial charge on any atom is 0.269 e.